The van der Waals surface area contributed by atoms with Crippen LogP contribution < -0.4 is 0 Å². The van der Waals surface area contributed by atoms with Gasteiger partial charge < -0.3 is 9.32 Å². The first-order chi connectivity index (χ1) is 9.61. The van der Waals surface area contributed by atoms with Gasteiger partial charge in [0.2, 0.25) is 5.91 Å². The summed E-state index contributed by atoms with van der Waals surface area (Å²) < 4.78 is 5.82. The van der Waals surface area contributed by atoms with Gasteiger partial charge in [-0.3, -0.25) is 9.69 Å². The lowest BCUT2D eigenvalue weighted by Gasteiger charge is -2.33. The molecule has 0 saturated carbocycles. The molecule has 1 aromatic carbocycles. The average molecular weight is 293 g/mol. The fourth-order valence-electron chi connectivity index (χ4n) is 2.58. The monoisotopic (exact) mass is 292 g/mol. The summed E-state index contributed by atoms with van der Waals surface area (Å²) in [5.74, 6) is 1.10. The number of hydrogen-bond acceptors (Lipinski definition) is 3. The number of piperazine rings is 1. The highest BCUT2D eigenvalue weighted by molar-refractivity contribution is 6.31. The van der Waals surface area contributed by atoms with E-state index in [1.165, 1.54) is 0 Å². The average Bonchev–Trinajstić information content (AvgIpc) is 2.80. The molecule has 3 rings (SSSR count). The molecule has 1 amide bonds. The number of rotatable bonds is 2. The first-order valence-corrected chi connectivity index (χ1v) is 7.15. The minimum absolute atomic E-state index is 0.156. The Bertz CT molecular complexity index is 630. The van der Waals surface area contributed by atoms with Crippen molar-refractivity contribution in [2.45, 2.75) is 13.5 Å². The van der Waals surface area contributed by atoms with E-state index in [-0.39, 0.29) is 5.91 Å². The van der Waals surface area contributed by atoms with Crippen LogP contribution in [0.2, 0.25) is 5.02 Å². The number of hydrogen-bond donors (Lipinski definition) is 0. The second kappa shape index (κ2) is 5.46. The standard InChI is InChI=1S/C15H17ClN2O2/c1-11(19)18-6-4-17(5-7-18)10-14-8-12-2-3-13(16)9-15(12)20-14/h2-3,8-9H,4-7,10H2,1H3. The molecule has 0 unspecified atom stereocenters. The number of furan rings is 1. The summed E-state index contributed by atoms with van der Waals surface area (Å²) in [6.07, 6.45) is 0. The van der Waals surface area contributed by atoms with E-state index in [4.69, 9.17) is 16.0 Å². The van der Waals surface area contributed by atoms with Crippen molar-refractivity contribution in [1.29, 1.82) is 0 Å². The van der Waals surface area contributed by atoms with E-state index in [2.05, 4.69) is 11.0 Å². The third-order valence-electron chi connectivity index (χ3n) is 3.73. The minimum atomic E-state index is 0.156. The van der Waals surface area contributed by atoms with Gasteiger partial charge in [-0.05, 0) is 18.2 Å². The molecule has 5 heteroatoms. The van der Waals surface area contributed by atoms with Crippen LogP contribution in [0.4, 0.5) is 0 Å². The van der Waals surface area contributed by atoms with Crippen LogP contribution in [0.1, 0.15) is 12.7 Å². The molecular formula is C15H17ClN2O2. The van der Waals surface area contributed by atoms with E-state index in [1.54, 1.807) is 6.92 Å². The van der Waals surface area contributed by atoms with Gasteiger partial charge in [0.25, 0.3) is 0 Å². The summed E-state index contributed by atoms with van der Waals surface area (Å²) in [7, 11) is 0. The largest absolute Gasteiger partial charge is 0.460 e. The van der Waals surface area contributed by atoms with Gasteiger partial charge in [0.05, 0.1) is 6.54 Å². The molecule has 0 atom stereocenters. The lowest BCUT2D eigenvalue weighted by Crippen LogP contribution is -2.47. The molecule has 1 aliphatic heterocycles. The Kier molecular flexibility index (Phi) is 3.68. The summed E-state index contributed by atoms with van der Waals surface area (Å²) in [4.78, 5) is 15.5. The predicted molar refractivity (Wildman–Crippen MR) is 78.8 cm³/mol. The molecule has 0 N–H and O–H groups in total. The van der Waals surface area contributed by atoms with Gasteiger partial charge in [-0.15, -0.1) is 0 Å². The minimum Gasteiger partial charge on any atom is -0.460 e. The number of carbonyl (C=O) groups is 1. The molecule has 0 aliphatic carbocycles. The van der Waals surface area contributed by atoms with Gasteiger partial charge in [0.15, 0.2) is 0 Å². The van der Waals surface area contributed by atoms with Gasteiger partial charge in [-0.25, -0.2) is 0 Å². The molecule has 1 aliphatic rings. The van der Waals surface area contributed by atoms with Crippen LogP contribution in [0, 0.1) is 0 Å². The number of fused-ring (bicyclic) bond motifs is 1. The first-order valence-electron chi connectivity index (χ1n) is 6.78. The Balaban J connectivity index is 1.66. The summed E-state index contributed by atoms with van der Waals surface area (Å²) >= 11 is 5.96. The molecule has 106 valence electrons. The second-order valence-corrected chi connectivity index (χ2v) is 5.61. The fourth-order valence-corrected chi connectivity index (χ4v) is 2.74. The highest BCUT2D eigenvalue weighted by Crippen LogP contribution is 2.24. The van der Waals surface area contributed by atoms with Crippen molar-refractivity contribution < 1.29 is 9.21 Å². The molecule has 4 nitrogen and oxygen atoms in total. The molecule has 1 aromatic heterocycles. The highest BCUT2D eigenvalue weighted by atomic mass is 35.5. The van der Waals surface area contributed by atoms with Crippen molar-refractivity contribution in [2.75, 3.05) is 26.2 Å². The molecule has 20 heavy (non-hydrogen) atoms. The Morgan fingerprint density at radius 1 is 1.25 bits per heavy atom. The van der Waals surface area contributed by atoms with Crippen LogP contribution in [0.25, 0.3) is 11.0 Å². The zero-order valence-corrected chi connectivity index (χ0v) is 12.2. The van der Waals surface area contributed by atoms with E-state index >= 15 is 0 Å². The van der Waals surface area contributed by atoms with Crippen molar-refractivity contribution in [2.24, 2.45) is 0 Å². The van der Waals surface area contributed by atoms with Crippen LogP contribution in [0.3, 0.4) is 0 Å². The van der Waals surface area contributed by atoms with Crippen LogP contribution in [0.5, 0.6) is 0 Å². The van der Waals surface area contributed by atoms with Crippen molar-refractivity contribution >= 4 is 28.5 Å². The van der Waals surface area contributed by atoms with Crippen molar-refractivity contribution in [1.82, 2.24) is 9.80 Å². The Morgan fingerprint density at radius 3 is 2.70 bits per heavy atom. The normalized spacial score (nSPS) is 16.8. The third kappa shape index (κ3) is 2.81. The quantitative estimate of drug-likeness (QED) is 0.854. The van der Waals surface area contributed by atoms with Crippen molar-refractivity contribution in [3.05, 3.63) is 35.0 Å². The second-order valence-electron chi connectivity index (χ2n) is 5.18. The van der Waals surface area contributed by atoms with E-state index < -0.39 is 0 Å². The third-order valence-corrected chi connectivity index (χ3v) is 3.97. The zero-order chi connectivity index (χ0) is 14.1. The van der Waals surface area contributed by atoms with Gasteiger partial charge in [0, 0.05) is 49.6 Å². The topological polar surface area (TPSA) is 36.7 Å². The number of carbonyl (C=O) groups excluding carboxylic acids is 1. The predicted octanol–water partition coefficient (Wildman–Crippen LogP) is 2.75. The number of nitrogens with zero attached hydrogens (tertiary/aromatic N) is 2. The smallest absolute Gasteiger partial charge is 0.219 e. The van der Waals surface area contributed by atoms with E-state index in [1.807, 2.05) is 23.1 Å². The SMILES string of the molecule is CC(=O)N1CCN(Cc2cc3ccc(Cl)cc3o2)CC1. The molecular weight excluding hydrogens is 276 g/mol. The highest BCUT2D eigenvalue weighted by Gasteiger charge is 2.19. The maximum Gasteiger partial charge on any atom is 0.219 e. The van der Waals surface area contributed by atoms with E-state index in [9.17, 15) is 4.79 Å². The summed E-state index contributed by atoms with van der Waals surface area (Å²) in [5, 5.41) is 1.76. The number of amides is 1. The van der Waals surface area contributed by atoms with Crippen LogP contribution in [0.15, 0.2) is 28.7 Å². The van der Waals surface area contributed by atoms with Gasteiger partial charge in [0.1, 0.15) is 11.3 Å². The van der Waals surface area contributed by atoms with Crippen LogP contribution >= 0.6 is 11.6 Å². The number of halogens is 1. The van der Waals surface area contributed by atoms with E-state index in [0.717, 1.165) is 49.5 Å². The summed E-state index contributed by atoms with van der Waals surface area (Å²) in [6, 6.07) is 7.74. The maximum absolute atomic E-state index is 11.3. The molecule has 0 radical (unpaired) electrons. The Morgan fingerprint density at radius 2 is 2.00 bits per heavy atom. The summed E-state index contributed by atoms with van der Waals surface area (Å²) in [6.45, 7) is 5.76. The molecule has 2 aromatic rings. The molecule has 2 heterocycles. The lowest BCUT2D eigenvalue weighted by molar-refractivity contribution is -0.130. The lowest BCUT2D eigenvalue weighted by atomic mass is 10.2. The Labute approximate surface area is 122 Å². The van der Waals surface area contributed by atoms with Gasteiger partial charge in [-0.1, -0.05) is 11.6 Å². The molecule has 0 spiro atoms. The maximum atomic E-state index is 11.3. The number of benzene rings is 1. The summed E-state index contributed by atoms with van der Waals surface area (Å²) in [5.41, 5.74) is 0.829. The molecule has 0 bridgehead atoms. The van der Waals surface area contributed by atoms with Gasteiger partial charge >= 0.3 is 0 Å². The zero-order valence-electron chi connectivity index (χ0n) is 11.4. The van der Waals surface area contributed by atoms with E-state index in [0.29, 0.717) is 5.02 Å². The molecule has 1 saturated heterocycles. The molecule has 1 fully saturated rings. The Hall–Kier alpha value is -1.52. The van der Waals surface area contributed by atoms with Crippen LogP contribution in [-0.4, -0.2) is 41.9 Å². The first kappa shape index (κ1) is 13.5. The van der Waals surface area contributed by atoms with Crippen molar-refractivity contribution in [3.8, 4) is 0 Å². The van der Waals surface area contributed by atoms with Crippen molar-refractivity contribution in [3.63, 3.8) is 0 Å². The fraction of sp³-hybridized carbons (Fsp3) is 0.400. The van der Waals surface area contributed by atoms with Crippen LogP contribution in [-0.2, 0) is 11.3 Å². The van der Waals surface area contributed by atoms with Gasteiger partial charge in [-0.2, -0.15) is 0 Å².